The zero-order valence-electron chi connectivity index (χ0n) is 10.2. The van der Waals surface area contributed by atoms with Crippen LogP contribution in [0.15, 0.2) is 29.9 Å². The first-order valence-corrected chi connectivity index (χ1v) is 6.31. The van der Waals surface area contributed by atoms with Gasteiger partial charge in [0.25, 0.3) is 5.91 Å². The number of hydrogen-bond donors (Lipinski definition) is 2. The van der Waals surface area contributed by atoms with E-state index < -0.39 is 5.54 Å². The van der Waals surface area contributed by atoms with Crippen molar-refractivity contribution >= 4 is 23.1 Å². The molecule has 18 heavy (non-hydrogen) atoms. The van der Waals surface area contributed by atoms with Crippen molar-refractivity contribution in [3.05, 3.63) is 40.5 Å². The molecule has 0 saturated carbocycles. The Labute approximate surface area is 109 Å². The first-order chi connectivity index (χ1) is 8.50. The highest BCUT2D eigenvalue weighted by molar-refractivity contribution is 7.09. The van der Waals surface area contributed by atoms with Crippen LogP contribution in [-0.4, -0.2) is 15.9 Å². The van der Waals surface area contributed by atoms with Crippen molar-refractivity contribution in [3.8, 4) is 0 Å². The summed E-state index contributed by atoms with van der Waals surface area (Å²) in [5.74, 6) is -0.0225. The molecule has 2 heterocycles. The number of anilines is 1. The molecule has 0 saturated heterocycles. The molecule has 2 aromatic heterocycles. The Morgan fingerprint density at radius 3 is 2.78 bits per heavy atom. The van der Waals surface area contributed by atoms with E-state index in [9.17, 15) is 4.79 Å². The second-order valence-electron chi connectivity index (χ2n) is 4.35. The smallest absolute Gasteiger partial charge is 0.255 e. The molecule has 5 nitrogen and oxygen atoms in total. The van der Waals surface area contributed by atoms with Crippen LogP contribution in [0.4, 0.5) is 5.82 Å². The second-order valence-corrected chi connectivity index (χ2v) is 5.25. The molecule has 0 aliphatic rings. The molecule has 0 aliphatic heterocycles. The van der Waals surface area contributed by atoms with Crippen LogP contribution in [0.25, 0.3) is 0 Å². The average Bonchev–Trinajstić information content (AvgIpc) is 2.82. The number of nitrogens with one attached hydrogen (secondary N) is 1. The molecule has 0 unspecified atom stereocenters. The highest BCUT2D eigenvalue weighted by atomic mass is 32.1. The molecule has 0 radical (unpaired) electrons. The first kappa shape index (κ1) is 12.5. The lowest BCUT2D eigenvalue weighted by molar-refractivity contribution is 0.0912. The van der Waals surface area contributed by atoms with Gasteiger partial charge in [0, 0.05) is 17.8 Å². The summed E-state index contributed by atoms with van der Waals surface area (Å²) in [6.45, 7) is 3.80. The lowest BCUT2D eigenvalue weighted by Gasteiger charge is -2.24. The summed E-state index contributed by atoms with van der Waals surface area (Å²) in [5.41, 5.74) is 5.52. The van der Waals surface area contributed by atoms with E-state index in [-0.39, 0.29) is 11.7 Å². The maximum atomic E-state index is 12.1. The summed E-state index contributed by atoms with van der Waals surface area (Å²) in [5, 5.41) is 5.63. The Kier molecular flexibility index (Phi) is 3.29. The third kappa shape index (κ3) is 2.48. The number of nitrogens with two attached hydrogens (primary N) is 1. The van der Waals surface area contributed by atoms with E-state index in [4.69, 9.17) is 5.73 Å². The van der Waals surface area contributed by atoms with Crippen LogP contribution in [0.1, 0.15) is 29.2 Å². The van der Waals surface area contributed by atoms with E-state index in [1.54, 1.807) is 24.5 Å². The molecule has 94 valence electrons. The number of nitrogens with zero attached hydrogens (tertiary/aromatic N) is 2. The second kappa shape index (κ2) is 4.73. The molecule has 2 aromatic rings. The Morgan fingerprint density at radius 2 is 2.17 bits per heavy atom. The fourth-order valence-corrected chi connectivity index (χ4v) is 2.26. The topological polar surface area (TPSA) is 80.9 Å². The number of amides is 1. The molecule has 0 aromatic carbocycles. The number of pyridine rings is 1. The Balaban J connectivity index is 2.20. The summed E-state index contributed by atoms with van der Waals surface area (Å²) < 4.78 is 0. The number of nitrogen functional groups attached to an aromatic ring is 1. The molecule has 3 N–H and O–H groups in total. The third-order valence-corrected chi connectivity index (χ3v) is 3.57. The predicted molar refractivity (Wildman–Crippen MR) is 71.3 cm³/mol. The number of aromatic nitrogens is 2. The highest BCUT2D eigenvalue weighted by Crippen LogP contribution is 2.22. The minimum absolute atomic E-state index is 0.227. The molecule has 0 spiro atoms. The SMILES string of the molecule is CC(C)(NC(=O)c1cccnc1N)c1nccs1. The summed E-state index contributed by atoms with van der Waals surface area (Å²) in [6.07, 6.45) is 3.27. The van der Waals surface area contributed by atoms with Crippen LogP contribution >= 0.6 is 11.3 Å². The van der Waals surface area contributed by atoms with Crippen LogP contribution in [0.5, 0.6) is 0 Å². The van der Waals surface area contributed by atoms with Crippen molar-refractivity contribution < 1.29 is 4.79 Å². The number of hydrogen-bond acceptors (Lipinski definition) is 5. The van der Waals surface area contributed by atoms with E-state index in [1.807, 2.05) is 19.2 Å². The van der Waals surface area contributed by atoms with Crippen molar-refractivity contribution in [2.24, 2.45) is 0 Å². The van der Waals surface area contributed by atoms with Crippen molar-refractivity contribution in [1.82, 2.24) is 15.3 Å². The van der Waals surface area contributed by atoms with Gasteiger partial charge in [-0.15, -0.1) is 11.3 Å². The van der Waals surface area contributed by atoms with Crippen LogP contribution in [0, 0.1) is 0 Å². The van der Waals surface area contributed by atoms with Crippen molar-refractivity contribution in [1.29, 1.82) is 0 Å². The fraction of sp³-hybridized carbons (Fsp3) is 0.250. The molecular weight excluding hydrogens is 248 g/mol. The van der Waals surface area contributed by atoms with Crippen molar-refractivity contribution in [2.45, 2.75) is 19.4 Å². The van der Waals surface area contributed by atoms with Gasteiger partial charge in [0.2, 0.25) is 0 Å². The van der Waals surface area contributed by atoms with Gasteiger partial charge in [-0.05, 0) is 26.0 Å². The summed E-state index contributed by atoms with van der Waals surface area (Å²) in [6, 6.07) is 3.33. The first-order valence-electron chi connectivity index (χ1n) is 5.43. The van der Waals surface area contributed by atoms with E-state index in [0.29, 0.717) is 5.56 Å². The fourth-order valence-electron chi connectivity index (χ4n) is 1.55. The quantitative estimate of drug-likeness (QED) is 0.883. The zero-order valence-corrected chi connectivity index (χ0v) is 11.0. The molecule has 1 amide bonds. The average molecular weight is 262 g/mol. The van der Waals surface area contributed by atoms with Crippen LogP contribution in [0.2, 0.25) is 0 Å². The van der Waals surface area contributed by atoms with Crippen molar-refractivity contribution in [2.75, 3.05) is 5.73 Å². The Hall–Kier alpha value is -1.95. The van der Waals surface area contributed by atoms with Gasteiger partial charge in [0.15, 0.2) is 0 Å². The zero-order chi connectivity index (χ0) is 13.2. The predicted octanol–water partition coefficient (Wildman–Crippen LogP) is 1.79. The van der Waals surface area contributed by atoms with Gasteiger partial charge in [0.05, 0.1) is 11.1 Å². The number of thiazole rings is 1. The van der Waals surface area contributed by atoms with Gasteiger partial charge < -0.3 is 11.1 Å². The van der Waals surface area contributed by atoms with E-state index >= 15 is 0 Å². The van der Waals surface area contributed by atoms with Gasteiger partial charge in [-0.25, -0.2) is 9.97 Å². The number of rotatable bonds is 3. The molecular formula is C12H14N4OS. The van der Waals surface area contributed by atoms with Gasteiger partial charge in [-0.3, -0.25) is 4.79 Å². The molecule has 0 aliphatic carbocycles. The summed E-state index contributed by atoms with van der Waals surface area (Å²) in [4.78, 5) is 20.2. The lowest BCUT2D eigenvalue weighted by Crippen LogP contribution is -2.41. The molecule has 0 bridgehead atoms. The number of carbonyl (C=O) groups excluding carboxylic acids is 1. The Morgan fingerprint density at radius 1 is 1.39 bits per heavy atom. The van der Waals surface area contributed by atoms with Gasteiger partial charge in [0.1, 0.15) is 10.8 Å². The monoisotopic (exact) mass is 262 g/mol. The van der Waals surface area contributed by atoms with Gasteiger partial charge >= 0.3 is 0 Å². The van der Waals surface area contributed by atoms with Crippen LogP contribution in [-0.2, 0) is 5.54 Å². The number of carbonyl (C=O) groups is 1. The van der Waals surface area contributed by atoms with Crippen molar-refractivity contribution in [3.63, 3.8) is 0 Å². The van der Waals surface area contributed by atoms with Crippen LogP contribution in [0.3, 0.4) is 0 Å². The molecule has 0 fully saturated rings. The van der Waals surface area contributed by atoms with Crippen LogP contribution < -0.4 is 11.1 Å². The van der Waals surface area contributed by atoms with E-state index in [0.717, 1.165) is 5.01 Å². The molecule has 0 atom stereocenters. The third-order valence-electron chi connectivity index (χ3n) is 2.48. The Bertz CT molecular complexity index is 551. The van der Waals surface area contributed by atoms with Gasteiger partial charge in [-0.1, -0.05) is 0 Å². The minimum Gasteiger partial charge on any atom is -0.383 e. The normalized spacial score (nSPS) is 11.2. The minimum atomic E-state index is -0.534. The van der Waals surface area contributed by atoms with E-state index in [2.05, 4.69) is 15.3 Å². The summed E-state index contributed by atoms with van der Waals surface area (Å²) >= 11 is 1.50. The highest BCUT2D eigenvalue weighted by Gasteiger charge is 2.26. The van der Waals surface area contributed by atoms with E-state index in [1.165, 1.54) is 11.3 Å². The maximum Gasteiger partial charge on any atom is 0.255 e. The largest absolute Gasteiger partial charge is 0.383 e. The lowest BCUT2D eigenvalue weighted by atomic mass is 10.1. The van der Waals surface area contributed by atoms with Gasteiger partial charge in [-0.2, -0.15) is 0 Å². The molecule has 2 rings (SSSR count). The maximum absolute atomic E-state index is 12.1. The molecule has 6 heteroatoms. The summed E-state index contributed by atoms with van der Waals surface area (Å²) in [7, 11) is 0. The standard InChI is InChI=1S/C12H14N4OS/c1-12(2,11-15-6-7-18-11)16-10(17)8-4-3-5-14-9(8)13/h3-7H,1-2H3,(H2,13,14)(H,16,17).